The van der Waals surface area contributed by atoms with Gasteiger partial charge in [0, 0.05) is 5.02 Å². The van der Waals surface area contributed by atoms with Crippen molar-refractivity contribution in [2.45, 2.75) is 17.8 Å². The van der Waals surface area contributed by atoms with Crippen LogP contribution in [0.3, 0.4) is 0 Å². The summed E-state index contributed by atoms with van der Waals surface area (Å²) in [5, 5.41) is 10.8. The molecule has 1 heterocycles. The van der Waals surface area contributed by atoms with Crippen LogP contribution in [0.4, 0.5) is 13.2 Å². The van der Waals surface area contributed by atoms with Gasteiger partial charge < -0.3 is 5.32 Å². The zero-order chi connectivity index (χ0) is 19.4. The van der Waals surface area contributed by atoms with Crippen molar-refractivity contribution in [3.05, 3.63) is 70.2 Å². The molecule has 140 valence electrons. The standard InChI is InChI=1S/C18H13ClF3N3OS/c19-14-6-4-11(5-7-14)10-23-25-17-24-16(26)15(27-17)9-12-2-1-3-13(8-12)18(20,21)22/h1-8,10,15H,9H2,(H,24,25,26)/b23-10+/t15-/m0/s1. The van der Waals surface area contributed by atoms with E-state index in [-0.39, 0.29) is 12.3 Å². The van der Waals surface area contributed by atoms with Crippen molar-refractivity contribution in [2.24, 2.45) is 10.2 Å². The van der Waals surface area contributed by atoms with Crippen molar-refractivity contribution < 1.29 is 18.0 Å². The molecule has 0 saturated carbocycles. The van der Waals surface area contributed by atoms with Crippen LogP contribution < -0.4 is 5.32 Å². The van der Waals surface area contributed by atoms with Crippen LogP contribution in [0.25, 0.3) is 0 Å². The Kier molecular flexibility index (Phi) is 5.86. The second-order valence-electron chi connectivity index (χ2n) is 5.70. The van der Waals surface area contributed by atoms with Crippen LogP contribution in [-0.4, -0.2) is 22.5 Å². The second-order valence-corrected chi connectivity index (χ2v) is 7.33. The summed E-state index contributed by atoms with van der Waals surface area (Å²) in [6.07, 6.45) is -2.74. The molecule has 0 aliphatic carbocycles. The zero-order valence-electron chi connectivity index (χ0n) is 13.7. The van der Waals surface area contributed by atoms with Crippen molar-refractivity contribution in [1.82, 2.24) is 5.32 Å². The molecule has 1 aliphatic heterocycles. The van der Waals surface area contributed by atoms with Crippen molar-refractivity contribution in [3.8, 4) is 0 Å². The first-order valence-corrected chi connectivity index (χ1v) is 9.07. The highest BCUT2D eigenvalue weighted by molar-refractivity contribution is 8.15. The number of thioether (sulfide) groups is 1. The number of nitrogens with zero attached hydrogens (tertiary/aromatic N) is 2. The third-order valence-corrected chi connectivity index (χ3v) is 5.00. The maximum Gasteiger partial charge on any atom is 0.416 e. The summed E-state index contributed by atoms with van der Waals surface area (Å²) in [5.41, 5.74) is 0.492. The lowest BCUT2D eigenvalue weighted by Crippen LogP contribution is -2.26. The van der Waals surface area contributed by atoms with Crippen LogP contribution in [0.2, 0.25) is 5.02 Å². The van der Waals surface area contributed by atoms with Crippen molar-refractivity contribution in [3.63, 3.8) is 0 Å². The summed E-state index contributed by atoms with van der Waals surface area (Å²) in [7, 11) is 0. The number of carbonyl (C=O) groups is 1. The minimum Gasteiger partial charge on any atom is -0.303 e. The van der Waals surface area contributed by atoms with Gasteiger partial charge in [-0.15, -0.1) is 5.10 Å². The van der Waals surface area contributed by atoms with E-state index < -0.39 is 17.0 Å². The fourth-order valence-corrected chi connectivity index (χ4v) is 3.46. The number of alkyl halides is 3. The van der Waals surface area contributed by atoms with Crippen LogP contribution >= 0.6 is 23.4 Å². The average Bonchev–Trinajstić information content (AvgIpc) is 2.96. The molecule has 2 aromatic rings. The molecule has 1 fully saturated rings. The van der Waals surface area contributed by atoms with E-state index in [2.05, 4.69) is 15.5 Å². The SMILES string of the molecule is O=C1N/C(=N\N=C\c2ccc(Cl)cc2)S[C@H]1Cc1cccc(C(F)(F)F)c1. The van der Waals surface area contributed by atoms with E-state index in [1.165, 1.54) is 12.3 Å². The van der Waals surface area contributed by atoms with Crippen molar-refractivity contribution in [1.29, 1.82) is 0 Å². The van der Waals surface area contributed by atoms with E-state index >= 15 is 0 Å². The predicted octanol–water partition coefficient (Wildman–Crippen LogP) is 4.52. The number of nitrogens with one attached hydrogen (secondary N) is 1. The maximum absolute atomic E-state index is 12.8. The van der Waals surface area contributed by atoms with E-state index in [0.29, 0.717) is 15.8 Å². The molecule has 9 heteroatoms. The molecule has 0 unspecified atom stereocenters. The maximum atomic E-state index is 12.8. The van der Waals surface area contributed by atoms with Gasteiger partial charge in [0.05, 0.1) is 17.0 Å². The highest BCUT2D eigenvalue weighted by Crippen LogP contribution is 2.31. The van der Waals surface area contributed by atoms with Gasteiger partial charge in [0.25, 0.3) is 0 Å². The van der Waals surface area contributed by atoms with Crippen LogP contribution in [0.1, 0.15) is 16.7 Å². The monoisotopic (exact) mass is 411 g/mol. The number of carbonyl (C=O) groups excluding carboxylic acids is 1. The van der Waals surface area contributed by atoms with Gasteiger partial charge in [-0.25, -0.2) is 0 Å². The lowest BCUT2D eigenvalue weighted by molar-refractivity contribution is -0.137. The second kappa shape index (κ2) is 8.14. The molecule has 1 aliphatic rings. The number of hydrogen-bond acceptors (Lipinski definition) is 4. The molecule has 1 saturated heterocycles. The van der Waals surface area contributed by atoms with Gasteiger partial charge in [0.1, 0.15) is 0 Å². The van der Waals surface area contributed by atoms with Gasteiger partial charge in [-0.1, -0.05) is 53.7 Å². The normalized spacial score (nSPS) is 19.0. The molecular weight excluding hydrogens is 399 g/mol. The summed E-state index contributed by atoms with van der Waals surface area (Å²) in [6, 6.07) is 11.9. The molecule has 3 rings (SSSR count). The van der Waals surface area contributed by atoms with Crippen LogP contribution in [-0.2, 0) is 17.4 Å². The molecule has 27 heavy (non-hydrogen) atoms. The number of hydrogen-bond donors (Lipinski definition) is 1. The Morgan fingerprint density at radius 3 is 2.63 bits per heavy atom. The largest absolute Gasteiger partial charge is 0.416 e. The smallest absolute Gasteiger partial charge is 0.303 e. The Hall–Kier alpha value is -2.32. The Morgan fingerprint density at radius 2 is 1.93 bits per heavy atom. The van der Waals surface area contributed by atoms with E-state index in [1.54, 1.807) is 30.3 Å². The molecule has 1 atom stereocenters. The summed E-state index contributed by atoms with van der Waals surface area (Å²) in [6.45, 7) is 0. The van der Waals surface area contributed by atoms with E-state index in [0.717, 1.165) is 29.5 Å². The van der Waals surface area contributed by atoms with Gasteiger partial charge in [0.2, 0.25) is 5.91 Å². The van der Waals surface area contributed by atoms with Crippen LogP contribution in [0, 0.1) is 0 Å². The van der Waals surface area contributed by atoms with Gasteiger partial charge in [-0.3, -0.25) is 4.79 Å². The fraction of sp³-hybridized carbons (Fsp3) is 0.167. The number of rotatable bonds is 4. The van der Waals surface area contributed by atoms with E-state index in [9.17, 15) is 18.0 Å². The van der Waals surface area contributed by atoms with E-state index in [4.69, 9.17) is 11.6 Å². The lowest BCUT2D eigenvalue weighted by Gasteiger charge is -2.10. The molecule has 1 amide bonds. The molecular formula is C18H13ClF3N3OS. The first-order chi connectivity index (χ1) is 12.8. The summed E-state index contributed by atoms with van der Waals surface area (Å²) >= 11 is 6.94. The molecule has 2 aromatic carbocycles. The van der Waals surface area contributed by atoms with Gasteiger partial charge >= 0.3 is 6.18 Å². The highest BCUT2D eigenvalue weighted by Gasteiger charge is 2.33. The molecule has 0 aromatic heterocycles. The predicted molar refractivity (Wildman–Crippen MR) is 101 cm³/mol. The highest BCUT2D eigenvalue weighted by atomic mass is 35.5. The summed E-state index contributed by atoms with van der Waals surface area (Å²) in [4.78, 5) is 12.0. The minimum absolute atomic E-state index is 0.167. The van der Waals surface area contributed by atoms with Crippen LogP contribution in [0.15, 0.2) is 58.7 Å². The third-order valence-electron chi connectivity index (χ3n) is 3.68. The van der Waals surface area contributed by atoms with Gasteiger partial charge in [0.15, 0.2) is 5.17 Å². The Morgan fingerprint density at radius 1 is 1.19 bits per heavy atom. The van der Waals surface area contributed by atoms with E-state index in [1.807, 2.05) is 0 Å². The Labute approximate surface area is 162 Å². The minimum atomic E-state index is -4.41. The lowest BCUT2D eigenvalue weighted by atomic mass is 10.1. The zero-order valence-corrected chi connectivity index (χ0v) is 15.3. The first-order valence-electron chi connectivity index (χ1n) is 7.81. The first kappa shape index (κ1) is 19.4. The third kappa shape index (κ3) is 5.33. The topological polar surface area (TPSA) is 53.8 Å². The van der Waals surface area contributed by atoms with Crippen molar-refractivity contribution >= 4 is 40.7 Å². The fourth-order valence-electron chi connectivity index (χ4n) is 2.37. The number of amidine groups is 1. The Balaban J connectivity index is 1.64. The summed E-state index contributed by atoms with van der Waals surface area (Å²) < 4.78 is 38.4. The molecule has 4 nitrogen and oxygen atoms in total. The number of benzene rings is 2. The van der Waals surface area contributed by atoms with Crippen molar-refractivity contribution in [2.75, 3.05) is 0 Å². The van der Waals surface area contributed by atoms with Gasteiger partial charge in [-0.05, 0) is 35.7 Å². The molecule has 1 N–H and O–H groups in total. The number of halogens is 4. The van der Waals surface area contributed by atoms with Gasteiger partial charge in [-0.2, -0.15) is 18.3 Å². The quantitative estimate of drug-likeness (QED) is 0.594. The summed E-state index contributed by atoms with van der Waals surface area (Å²) in [5.74, 6) is -0.308. The average molecular weight is 412 g/mol. The molecule has 0 spiro atoms. The Bertz CT molecular complexity index is 897. The van der Waals surface area contributed by atoms with Crippen LogP contribution in [0.5, 0.6) is 0 Å². The molecule has 0 bridgehead atoms. The molecule has 0 radical (unpaired) electrons. The number of amides is 1.